The molecule has 0 saturated heterocycles. The van der Waals surface area contributed by atoms with Gasteiger partial charge in [-0.2, -0.15) is 9.61 Å². The van der Waals surface area contributed by atoms with Crippen molar-refractivity contribution >= 4 is 34.0 Å². The lowest BCUT2D eigenvalue weighted by atomic mass is 9.94. The second-order valence-electron chi connectivity index (χ2n) is 6.42. The van der Waals surface area contributed by atoms with Gasteiger partial charge in [0.2, 0.25) is 10.9 Å². The molecule has 0 unspecified atom stereocenters. The highest BCUT2D eigenvalue weighted by atomic mass is 32.2. The number of aromatic nitrogens is 3. The number of rotatable bonds is 6. The minimum absolute atomic E-state index is 0.151. The van der Waals surface area contributed by atoms with Gasteiger partial charge >= 0.3 is 0 Å². The van der Waals surface area contributed by atoms with Crippen molar-refractivity contribution < 1.29 is 4.79 Å². The van der Waals surface area contributed by atoms with Gasteiger partial charge in [-0.3, -0.25) is 9.59 Å². The van der Waals surface area contributed by atoms with Gasteiger partial charge in [0, 0.05) is 24.9 Å². The van der Waals surface area contributed by atoms with Crippen LogP contribution in [0.5, 0.6) is 0 Å². The standard InChI is InChI=1S/C17H24N4O2S2/c1-3-14-19-21-15(22)9-12(18-17(21)25-14)10-24-11-16(23)20(2)13-7-5-4-6-8-13/h9,13H,3-8,10-11H2,1-2H3. The van der Waals surface area contributed by atoms with Gasteiger partial charge in [0.15, 0.2) is 0 Å². The molecule has 2 heterocycles. The highest BCUT2D eigenvalue weighted by Gasteiger charge is 2.21. The molecule has 0 aliphatic heterocycles. The summed E-state index contributed by atoms with van der Waals surface area (Å²) in [6.07, 6.45) is 6.75. The van der Waals surface area contributed by atoms with Crippen molar-refractivity contribution in [1.29, 1.82) is 0 Å². The highest BCUT2D eigenvalue weighted by molar-refractivity contribution is 7.99. The Bertz CT molecular complexity index is 796. The van der Waals surface area contributed by atoms with E-state index in [1.54, 1.807) is 0 Å². The molecular formula is C17H24N4O2S2. The van der Waals surface area contributed by atoms with Crippen molar-refractivity contribution in [3.8, 4) is 0 Å². The Labute approximate surface area is 155 Å². The first-order valence-corrected chi connectivity index (χ1v) is 10.8. The smallest absolute Gasteiger partial charge is 0.275 e. The van der Waals surface area contributed by atoms with Crippen LogP contribution in [-0.4, -0.2) is 44.2 Å². The maximum absolute atomic E-state index is 12.4. The average Bonchev–Trinajstić information content (AvgIpc) is 3.05. The van der Waals surface area contributed by atoms with Gasteiger partial charge < -0.3 is 4.90 Å². The zero-order valence-corrected chi connectivity index (χ0v) is 16.4. The monoisotopic (exact) mass is 380 g/mol. The van der Waals surface area contributed by atoms with Gasteiger partial charge in [0.1, 0.15) is 5.01 Å². The van der Waals surface area contributed by atoms with E-state index in [0.29, 0.717) is 22.5 Å². The van der Waals surface area contributed by atoms with Gasteiger partial charge in [0.05, 0.1) is 11.4 Å². The summed E-state index contributed by atoms with van der Waals surface area (Å²) in [4.78, 5) is 31.5. The first-order valence-electron chi connectivity index (χ1n) is 8.80. The Morgan fingerprint density at radius 1 is 1.40 bits per heavy atom. The number of amides is 1. The van der Waals surface area contributed by atoms with Crippen molar-refractivity contribution in [3.63, 3.8) is 0 Å². The molecule has 0 atom stereocenters. The Morgan fingerprint density at radius 3 is 2.88 bits per heavy atom. The van der Waals surface area contributed by atoms with E-state index in [1.165, 1.54) is 52.9 Å². The normalized spacial score (nSPS) is 15.6. The lowest BCUT2D eigenvalue weighted by molar-refractivity contribution is -0.129. The fourth-order valence-electron chi connectivity index (χ4n) is 3.13. The first-order chi connectivity index (χ1) is 12.1. The molecule has 2 aromatic rings. The van der Waals surface area contributed by atoms with Gasteiger partial charge in [-0.25, -0.2) is 4.98 Å². The van der Waals surface area contributed by atoms with Crippen molar-refractivity contribution in [2.45, 2.75) is 57.2 Å². The third-order valence-corrected chi connectivity index (χ3v) is 6.64. The summed E-state index contributed by atoms with van der Waals surface area (Å²) < 4.78 is 1.36. The molecule has 0 radical (unpaired) electrons. The third kappa shape index (κ3) is 4.41. The van der Waals surface area contributed by atoms with Crippen molar-refractivity contribution in [2.24, 2.45) is 0 Å². The maximum Gasteiger partial charge on any atom is 0.275 e. The van der Waals surface area contributed by atoms with Crippen molar-refractivity contribution in [3.05, 3.63) is 27.1 Å². The second-order valence-corrected chi connectivity index (χ2v) is 8.44. The van der Waals surface area contributed by atoms with Crippen LogP contribution in [-0.2, 0) is 17.0 Å². The maximum atomic E-state index is 12.4. The second kappa shape index (κ2) is 8.31. The summed E-state index contributed by atoms with van der Waals surface area (Å²) in [5.74, 6) is 1.16. The summed E-state index contributed by atoms with van der Waals surface area (Å²) >= 11 is 2.96. The number of fused-ring (bicyclic) bond motifs is 1. The largest absolute Gasteiger partial charge is 0.342 e. The summed E-state index contributed by atoms with van der Waals surface area (Å²) in [5.41, 5.74) is 0.566. The summed E-state index contributed by atoms with van der Waals surface area (Å²) in [5, 5.41) is 5.15. The zero-order valence-electron chi connectivity index (χ0n) is 14.7. The number of thioether (sulfide) groups is 1. The number of nitrogens with zero attached hydrogens (tertiary/aromatic N) is 4. The van der Waals surface area contributed by atoms with Crippen LogP contribution in [0, 0.1) is 0 Å². The first kappa shape index (κ1) is 18.4. The SMILES string of the molecule is CCc1nn2c(=O)cc(CSCC(=O)N(C)C3CCCCC3)nc2s1. The van der Waals surface area contributed by atoms with Crippen LogP contribution in [0.1, 0.15) is 49.7 Å². The Morgan fingerprint density at radius 2 is 2.16 bits per heavy atom. The number of carbonyl (C=O) groups is 1. The molecular weight excluding hydrogens is 356 g/mol. The van der Waals surface area contributed by atoms with Crippen LogP contribution in [0.3, 0.4) is 0 Å². The van der Waals surface area contributed by atoms with E-state index in [-0.39, 0.29) is 11.5 Å². The zero-order chi connectivity index (χ0) is 17.8. The molecule has 0 aromatic carbocycles. The van der Waals surface area contributed by atoms with E-state index in [4.69, 9.17) is 0 Å². The van der Waals surface area contributed by atoms with Crippen LogP contribution in [0.15, 0.2) is 10.9 Å². The van der Waals surface area contributed by atoms with E-state index in [9.17, 15) is 9.59 Å². The Hall–Kier alpha value is -1.41. The minimum Gasteiger partial charge on any atom is -0.342 e. The molecule has 3 rings (SSSR count). The molecule has 8 heteroatoms. The summed E-state index contributed by atoms with van der Waals surface area (Å²) in [7, 11) is 1.92. The number of hydrogen-bond acceptors (Lipinski definition) is 6. The van der Waals surface area contributed by atoms with Gasteiger partial charge in [-0.1, -0.05) is 37.5 Å². The molecule has 136 valence electrons. The van der Waals surface area contributed by atoms with Crippen LogP contribution in [0.4, 0.5) is 0 Å². The summed E-state index contributed by atoms with van der Waals surface area (Å²) in [6, 6.07) is 1.92. The van der Waals surface area contributed by atoms with E-state index in [2.05, 4.69) is 10.1 Å². The quantitative estimate of drug-likeness (QED) is 0.771. The van der Waals surface area contributed by atoms with Gasteiger partial charge in [-0.05, 0) is 19.3 Å². The van der Waals surface area contributed by atoms with Crippen LogP contribution < -0.4 is 5.56 Å². The van der Waals surface area contributed by atoms with E-state index in [1.807, 2.05) is 18.9 Å². The predicted octanol–water partition coefficient (Wildman–Crippen LogP) is 2.74. The minimum atomic E-state index is -0.151. The fraction of sp³-hybridized carbons (Fsp3) is 0.647. The molecule has 1 aliphatic carbocycles. The summed E-state index contributed by atoms with van der Waals surface area (Å²) in [6.45, 7) is 2.01. The number of aryl methyl sites for hydroxylation is 1. The molecule has 25 heavy (non-hydrogen) atoms. The molecule has 0 bridgehead atoms. The third-order valence-electron chi connectivity index (χ3n) is 4.63. The molecule has 1 aliphatic rings. The molecule has 1 saturated carbocycles. The average molecular weight is 381 g/mol. The molecule has 2 aromatic heterocycles. The molecule has 0 N–H and O–H groups in total. The molecule has 0 spiro atoms. The van der Waals surface area contributed by atoms with Gasteiger partial charge in [0.25, 0.3) is 5.56 Å². The fourth-order valence-corrected chi connectivity index (χ4v) is 4.82. The lowest BCUT2D eigenvalue weighted by Gasteiger charge is -2.31. The predicted molar refractivity (Wildman–Crippen MR) is 102 cm³/mol. The Kier molecular flexibility index (Phi) is 6.11. The van der Waals surface area contributed by atoms with E-state index in [0.717, 1.165) is 30.0 Å². The molecule has 1 fully saturated rings. The molecule has 1 amide bonds. The Balaban J connectivity index is 1.57. The number of hydrogen-bond donors (Lipinski definition) is 0. The molecule has 6 nitrogen and oxygen atoms in total. The van der Waals surface area contributed by atoms with E-state index < -0.39 is 0 Å². The van der Waals surface area contributed by atoms with Gasteiger partial charge in [-0.15, -0.1) is 11.8 Å². The van der Waals surface area contributed by atoms with Crippen LogP contribution in [0.25, 0.3) is 4.96 Å². The number of carbonyl (C=O) groups excluding carboxylic acids is 1. The topological polar surface area (TPSA) is 67.6 Å². The van der Waals surface area contributed by atoms with E-state index >= 15 is 0 Å². The van der Waals surface area contributed by atoms with Crippen LogP contribution >= 0.6 is 23.1 Å². The van der Waals surface area contributed by atoms with Crippen LogP contribution in [0.2, 0.25) is 0 Å². The van der Waals surface area contributed by atoms with Crippen molar-refractivity contribution in [2.75, 3.05) is 12.8 Å². The lowest BCUT2D eigenvalue weighted by Crippen LogP contribution is -2.39. The highest BCUT2D eigenvalue weighted by Crippen LogP contribution is 2.22. The van der Waals surface area contributed by atoms with Crippen molar-refractivity contribution in [1.82, 2.24) is 19.5 Å².